The molecule has 3 rings (SSSR count). The summed E-state index contributed by atoms with van der Waals surface area (Å²) in [6.45, 7) is 0.165. The minimum absolute atomic E-state index is 0.0514. The first-order valence-electron chi connectivity index (χ1n) is 9.16. The molecule has 2 amide bonds. The van der Waals surface area contributed by atoms with E-state index < -0.39 is 54.1 Å². The number of aryl methyl sites for hydroxylation is 1. The topological polar surface area (TPSA) is 111 Å². The maximum atomic E-state index is 13.6. The Labute approximate surface area is 179 Å². The third-order valence-corrected chi connectivity index (χ3v) is 4.20. The highest BCUT2D eigenvalue weighted by Gasteiger charge is 2.23. The molecule has 11 heteroatoms. The number of rotatable bonds is 7. The number of hydrogen-bond acceptors (Lipinski definition) is 6. The van der Waals surface area contributed by atoms with E-state index >= 15 is 0 Å². The van der Waals surface area contributed by atoms with Crippen molar-refractivity contribution in [3.8, 4) is 11.3 Å². The molecular weight excluding hydrogens is 431 g/mol. The molecule has 166 valence electrons. The van der Waals surface area contributed by atoms with Gasteiger partial charge in [-0.1, -0.05) is 35.5 Å². The highest BCUT2D eigenvalue weighted by atomic mass is 19.2. The number of nitrogens with zero attached hydrogens (tertiary/aromatic N) is 1. The van der Waals surface area contributed by atoms with E-state index in [0.717, 1.165) is 6.07 Å². The van der Waals surface area contributed by atoms with Gasteiger partial charge in [-0.3, -0.25) is 9.59 Å². The van der Waals surface area contributed by atoms with Crippen LogP contribution in [-0.4, -0.2) is 36.1 Å². The average molecular weight is 447 g/mol. The van der Waals surface area contributed by atoms with Gasteiger partial charge in [0.2, 0.25) is 5.91 Å². The van der Waals surface area contributed by atoms with Crippen LogP contribution >= 0.6 is 0 Å². The average Bonchev–Trinajstić information content (AvgIpc) is 3.18. The Bertz CT molecular complexity index is 1160. The third kappa shape index (κ3) is 5.12. The first kappa shape index (κ1) is 22.5. The molecular formula is C21H16F3N3O5. The fourth-order valence-corrected chi connectivity index (χ4v) is 2.66. The molecule has 8 nitrogen and oxygen atoms in total. The fourth-order valence-electron chi connectivity index (χ4n) is 2.66. The first-order chi connectivity index (χ1) is 15.3. The molecule has 2 aromatic carbocycles. The number of carbonyl (C=O) groups excluding carboxylic acids is 3. The van der Waals surface area contributed by atoms with Crippen LogP contribution in [0.15, 0.2) is 47.0 Å². The van der Waals surface area contributed by atoms with Crippen LogP contribution < -0.4 is 10.6 Å². The monoisotopic (exact) mass is 447 g/mol. The highest BCUT2D eigenvalue weighted by Crippen LogP contribution is 2.25. The van der Waals surface area contributed by atoms with Crippen molar-refractivity contribution in [1.29, 1.82) is 0 Å². The van der Waals surface area contributed by atoms with Crippen LogP contribution in [0.4, 0.5) is 18.9 Å². The number of nitrogens with one attached hydrogen (secondary N) is 2. The molecule has 32 heavy (non-hydrogen) atoms. The van der Waals surface area contributed by atoms with E-state index in [2.05, 4.69) is 10.5 Å². The zero-order chi connectivity index (χ0) is 23.3. The quantitative estimate of drug-likeness (QED) is 0.426. The summed E-state index contributed by atoms with van der Waals surface area (Å²) in [5, 5.41) is 7.98. The summed E-state index contributed by atoms with van der Waals surface area (Å²) in [6.07, 6.45) is 0. The first-order valence-corrected chi connectivity index (χ1v) is 9.16. The minimum atomic E-state index is -1.74. The van der Waals surface area contributed by atoms with Crippen LogP contribution in [0.3, 0.4) is 0 Å². The molecule has 0 atom stereocenters. The maximum absolute atomic E-state index is 13.6. The summed E-state index contributed by atoms with van der Waals surface area (Å²) < 4.78 is 49.7. The molecule has 0 aliphatic rings. The molecule has 1 heterocycles. The Morgan fingerprint density at radius 2 is 1.72 bits per heavy atom. The predicted octanol–water partition coefficient (Wildman–Crippen LogP) is 2.98. The van der Waals surface area contributed by atoms with Gasteiger partial charge < -0.3 is 19.9 Å². The molecule has 2 N–H and O–H groups in total. The van der Waals surface area contributed by atoms with Gasteiger partial charge in [-0.25, -0.2) is 18.0 Å². The number of anilines is 1. The van der Waals surface area contributed by atoms with E-state index in [1.807, 2.05) is 5.32 Å². The SMILES string of the molecule is Cc1onc(-c2ccccc2)c1C(=O)OCC(=O)NCC(=O)Nc1ccc(F)c(F)c1F. The van der Waals surface area contributed by atoms with Crippen LogP contribution in [0.25, 0.3) is 11.3 Å². The molecule has 0 saturated heterocycles. The zero-order valence-electron chi connectivity index (χ0n) is 16.6. The van der Waals surface area contributed by atoms with Gasteiger partial charge in [0, 0.05) is 5.56 Å². The molecule has 0 spiro atoms. The Kier molecular flexibility index (Phi) is 6.88. The third-order valence-electron chi connectivity index (χ3n) is 4.20. The van der Waals surface area contributed by atoms with Crippen LogP contribution in [-0.2, 0) is 14.3 Å². The lowest BCUT2D eigenvalue weighted by Gasteiger charge is -2.09. The Balaban J connectivity index is 1.53. The Morgan fingerprint density at radius 3 is 2.44 bits per heavy atom. The van der Waals surface area contributed by atoms with E-state index in [0.29, 0.717) is 11.6 Å². The number of benzene rings is 2. The molecule has 0 aliphatic heterocycles. The molecule has 0 radical (unpaired) electrons. The number of carbonyl (C=O) groups is 3. The van der Waals surface area contributed by atoms with Crippen molar-refractivity contribution < 1.29 is 36.8 Å². The second-order valence-electron chi connectivity index (χ2n) is 6.45. The van der Waals surface area contributed by atoms with Gasteiger partial charge in [-0.2, -0.15) is 0 Å². The number of aromatic nitrogens is 1. The summed E-state index contributed by atoms with van der Waals surface area (Å²) in [6, 6.07) is 10.2. The van der Waals surface area contributed by atoms with Crippen molar-refractivity contribution in [2.75, 3.05) is 18.5 Å². The van der Waals surface area contributed by atoms with Crippen molar-refractivity contribution in [3.63, 3.8) is 0 Å². The molecule has 0 bridgehead atoms. The molecule has 0 fully saturated rings. The molecule has 3 aromatic rings. The minimum Gasteiger partial charge on any atom is -0.452 e. The van der Waals surface area contributed by atoms with Gasteiger partial charge in [0.25, 0.3) is 5.91 Å². The van der Waals surface area contributed by atoms with Gasteiger partial charge >= 0.3 is 5.97 Å². The zero-order valence-corrected chi connectivity index (χ0v) is 16.6. The largest absolute Gasteiger partial charge is 0.452 e. The molecule has 1 aromatic heterocycles. The van der Waals surface area contributed by atoms with Gasteiger partial charge in [-0.15, -0.1) is 0 Å². The number of amides is 2. The number of hydrogen-bond donors (Lipinski definition) is 2. The summed E-state index contributed by atoms with van der Waals surface area (Å²) >= 11 is 0. The molecule has 0 aliphatic carbocycles. The second kappa shape index (κ2) is 9.77. The normalized spacial score (nSPS) is 10.5. The van der Waals surface area contributed by atoms with Crippen molar-refractivity contribution in [2.45, 2.75) is 6.92 Å². The van der Waals surface area contributed by atoms with Crippen molar-refractivity contribution in [2.24, 2.45) is 0 Å². The van der Waals surface area contributed by atoms with Crippen LogP contribution in [0.1, 0.15) is 16.1 Å². The van der Waals surface area contributed by atoms with Gasteiger partial charge in [-0.05, 0) is 19.1 Å². The van der Waals surface area contributed by atoms with E-state index in [4.69, 9.17) is 9.26 Å². The number of esters is 1. The van der Waals surface area contributed by atoms with E-state index in [-0.39, 0.29) is 17.0 Å². The predicted molar refractivity (Wildman–Crippen MR) is 105 cm³/mol. The van der Waals surface area contributed by atoms with Gasteiger partial charge in [0.1, 0.15) is 17.0 Å². The Hall–Kier alpha value is -4.15. The number of ether oxygens (including phenoxy) is 1. The van der Waals surface area contributed by atoms with Gasteiger partial charge in [0.15, 0.2) is 24.1 Å². The van der Waals surface area contributed by atoms with Crippen molar-refractivity contribution in [3.05, 3.63) is 71.2 Å². The van der Waals surface area contributed by atoms with Crippen LogP contribution in [0.2, 0.25) is 0 Å². The Morgan fingerprint density at radius 1 is 1.00 bits per heavy atom. The lowest BCUT2D eigenvalue weighted by molar-refractivity contribution is -0.126. The lowest BCUT2D eigenvalue weighted by atomic mass is 10.1. The maximum Gasteiger partial charge on any atom is 0.344 e. The van der Waals surface area contributed by atoms with Gasteiger partial charge in [0.05, 0.1) is 12.2 Å². The summed E-state index contributed by atoms with van der Waals surface area (Å²) in [4.78, 5) is 36.1. The molecule has 0 saturated carbocycles. The molecule has 0 unspecified atom stereocenters. The summed E-state index contributed by atoms with van der Waals surface area (Å²) in [5.74, 6) is -7.11. The summed E-state index contributed by atoms with van der Waals surface area (Å²) in [7, 11) is 0. The van der Waals surface area contributed by atoms with E-state index in [1.165, 1.54) is 6.92 Å². The lowest BCUT2D eigenvalue weighted by Crippen LogP contribution is -2.35. The van der Waals surface area contributed by atoms with Crippen molar-refractivity contribution >= 4 is 23.5 Å². The standard InChI is InChI=1S/C21H16F3N3O5/c1-11-17(20(27-32-11)12-5-3-2-4-6-12)21(30)31-10-16(29)25-9-15(28)26-14-8-7-13(22)18(23)19(14)24/h2-8H,9-10H2,1H3,(H,25,29)(H,26,28). The van der Waals surface area contributed by atoms with E-state index in [9.17, 15) is 27.6 Å². The summed E-state index contributed by atoms with van der Waals surface area (Å²) in [5.41, 5.74) is 0.324. The van der Waals surface area contributed by atoms with Crippen LogP contribution in [0, 0.1) is 24.4 Å². The highest BCUT2D eigenvalue weighted by molar-refractivity contribution is 5.98. The fraction of sp³-hybridized carbons (Fsp3) is 0.143. The van der Waals surface area contributed by atoms with Crippen molar-refractivity contribution in [1.82, 2.24) is 10.5 Å². The van der Waals surface area contributed by atoms with Crippen LogP contribution in [0.5, 0.6) is 0 Å². The number of halogens is 3. The second-order valence-corrected chi connectivity index (χ2v) is 6.45. The smallest absolute Gasteiger partial charge is 0.344 e. The van der Waals surface area contributed by atoms with E-state index in [1.54, 1.807) is 30.3 Å².